The number of aromatic amines is 1. The van der Waals surface area contributed by atoms with Gasteiger partial charge in [0.1, 0.15) is 12.4 Å². The minimum Gasteiger partial charge on any atom is -0.338 e. The average Bonchev–Trinajstić information content (AvgIpc) is 3.28. The molecule has 2 heterocycles. The second kappa shape index (κ2) is 6.84. The average molecular weight is 385 g/mol. The lowest BCUT2D eigenvalue weighted by atomic mass is 10.2. The molecule has 28 heavy (non-hydrogen) atoms. The molecule has 0 fully saturated rings. The Hall–Kier alpha value is -3.62. The van der Waals surface area contributed by atoms with Crippen molar-refractivity contribution in [2.24, 2.45) is 0 Å². The number of nitrogens with one attached hydrogen (secondary N) is 2. The monoisotopic (exact) mass is 385 g/mol. The topological polar surface area (TPSA) is 75.6 Å². The Morgan fingerprint density at radius 2 is 1.93 bits per heavy atom. The molecule has 6 nitrogen and oxygen atoms in total. The SMILES string of the molecule is O=C(Cn1ccc(C(F)(F)F)n1)Nc1cccc(-c2nc3ccccc3[nH]2)c1. The van der Waals surface area contributed by atoms with Gasteiger partial charge in [0.05, 0.1) is 11.0 Å². The molecule has 0 aliphatic carbocycles. The van der Waals surface area contributed by atoms with Crippen LogP contribution in [0.25, 0.3) is 22.4 Å². The third-order valence-electron chi connectivity index (χ3n) is 4.05. The molecule has 0 saturated carbocycles. The van der Waals surface area contributed by atoms with Crippen molar-refractivity contribution in [3.8, 4) is 11.4 Å². The number of carbonyl (C=O) groups is 1. The van der Waals surface area contributed by atoms with E-state index in [2.05, 4.69) is 20.4 Å². The Bertz CT molecular complexity index is 1110. The maximum atomic E-state index is 12.6. The summed E-state index contributed by atoms with van der Waals surface area (Å²) in [5.41, 5.74) is 1.96. The highest BCUT2D eigenvalue weighted by Gasteiger charge is 2.33. The highest BCUT2D eigenvalue weighted by Crippen LogP contribution is 2.27. The van der Waals surface area contributed by atoms with E-state index in [1.165, 1.54) is 0 Å². The van der Waals surface area contributed by atoms with E-state index >= 15 is 0 Å². The predicted octanol–water partition coefficient (Wildman–Crippen LogP) is 4.08. The Balaban J connectivity index is 1.48. The molecule has 0 saturated heterocycles. The van der Waals surface area contributed by atoms with Gasteiger partial charge in [0.15, 0.2) is 5.69 Å². The first kappa shape index (κ1) is 17.8. The van der Waals surface area contributed by atoms with Crippen LogP contribution in [0.4, 0.5) is 18.9 Å². The smallest absolute Gasteiger partial charge is 0.338 e. The van der Waals surface area contributed by atoms with Gasteiger partial charge in [-0.25, -0.2) is 4.98 Å². The maximum absolute atomic E-state index is 12.6. The number of hydrogen-bond acceptors (Lipinski definition) is 3. The lowest BCUT2D eigenvalue weighted by molar-refractivity contribution is -0.141. The number of amides is 1. The van der Waals surface area contributed by atoms with Crippen molar-refractivity contribution in [3.05, 3.63) is 66.5 Å². The van der Waals surface area contributed by atoms with Gasteiger partial charge < -0.3 is 10.3 Å². The fraction of sp³-hybridized carbons (Fsp3) is 0.105. The first-order valence-corrected chi connectivity index (χ1v) is 8.34. The van der Waals surface area contributed by atoms with Gasteiger partial charge in [0, 0.05) is 17.4 Å². The zero-order valence-corrected chi connectivity index (χ0v) is 14.4. The van der Waals surface area contributed by atoms with Crippen LogP contribution in [0.5, 0.6) is 0 Å². The zero-order chi connectivity index (χ0) is 19.7. The first-order chi connectivity index (χ1) is 13.4. The van der Waals surface area contributed by atoms with Crippen LogP contribution in [0.15, 0.2) is 60.8 Å². The van der Waals surface area contributed by atoms with Crippen LogP contribution in [0, 0.1) is 0 Å². The Labute approximate surface area is 157 Å². The van der Waals surface area contributed by atoms with Crippen molar-refractivity contribution >= 4 is 22.6 Å². The van der Waals surface area contributed by atoms with E-state index in [9.17, 15) is 18.0 Å². The summed E-state index contributed by atoms with van der Waals surface area (Å²) in [5, 5.41) is 6.03. The summed E-state index contributed by atoms with van der Waals surface area (Å²) in [6.07, 6.45) is -3.42. The van der Waals surface area contributed by atoms with E-state index in [0.717, 1.165) is 33.5 Å². The van der Waals surface area contributed by atoms with E-state index in [-0.39, 0.29) is 6.54 Å². The standard InChI is InChI=1S/C19H14F3N5O/c20-19(21,22)16-8-9-27(26-16)11-17(28)23-13-5-3-4-12(10-13)18-24-14-6-1-2-7-15(14)25-18/h1-10H,11H2,(H,23,28)(H,24,25). The highest BCUT2D eigenvalue weighted by molar-refractivity contribution is 5.91. The molecule has 2 N–H and O–H groups in total. The minimum absolute atomic E-state index is 0.328. The summed E-state index contributed by atoms with van der Waals surface area (Å²) in [6.45, 7) is -0.328. The second-order valence-corrected chi connectivity index (χ2v) is 6.13. The van der Waals surface area contributed by atoms with Crippen LogP contribution >= 0.6 is 0 Å². The number of H-pyrrole nitrogens is 1. The number of halogens is 3. The van der Waals surface area contributed by atoms with Crippen LogP contribution in [0.2, 0.25) is 0 Å². The van der Waals surface area contributed by atoms with Gasteiger partial charge in [-0.15, -0.1) is 0 Å². The number of para-hydroxylation sites is 2. The first-order valence-electron chi connectivity index (χ1n) is 8.34. The van der Waals surface area contributed by atoms with Crippen molar-refractivity contribution < 1.29 is 18.0 Å². The molecule has 4 rings (SSSR count). The molecule has 0 aliphatic heterocycles. The molecule has 2 aromatic carbocycles. The summed E-state index contributed by atoms with van der Waals surface area (Å²) in [6, 6.07) is 15.5. The lowest BCUT2D eigenvalue weighted by Gasteiger charge is -2.07. The van der Waals surface area contributed by atoms with Gasteiger partial charge in [-0.1, -0.05) is 24.3 Å². The number of rotatable bonds is 4. The Morgan fingerprint density at radius 1 is 1.11 bits per heavy atom. The normalized spacial score (nSPS) is 11.7. The largest absolute Gasteiger partial charge is 0.435 e. The fourth-order valence-corrected chi connectivity index (χ4v) is 2.78. The molecular weight excluding hydrogens is 371 g/mol. The van der Waals surface area contributed by atoms with Crippen LogP contribution in [-0.4, -0.2) is 25.7 Å². The summed E-state index contributed by atoms with van der Waals surface area (Å²) in [5.74, 6) is 0.165. The molecule has 0 bridgehead atoms. The lowest BCUT2D eigenvalue weighted by Crippen LogP contribution is -2.19. The summed E-state index contributed by atoms with van der Waals surface area (Å²) in [4.78, 5) is 19.9. The van der Waals surface area contributed by atoms with E-state index < -0.39 is 17.8 Å². The van der Waals surface area contributed by atoms with Crippen molar-refractivity contribution in [2.45, 2.75) is 12.7 Å². The fourth-order valence-electron chi connectivity index (χ4n) is 2.78. The van der Waals surface area contributed by atoms with Gasteiger partial charge in [0.25, 0.3) is 0 Å². The molecule has 142 valence electrons. The number of carbonyl (C=O) groups excluding carboxylic acids is 1. The number of aromatic nitrogens is 4. The number of nitrogens with zero attached hydrogens (tertiary/aromatic N) is 3. The molecule has 9 heteroatoms. The molecule has 0 unspecified atom stereocenters. The van der Waals surface area contributed by atoms with Crippen LogP contribution < -0.4 is 5.32 Å². The van der Waals surface area contributed by atoms with E-state index in [4.69, 9.17) is 0 Å². The minimum atomic E-state index is -4.54. The molecule has 1 amide bonds. The van der Waals surface area contributed by atoms with Gasteiger partial charge in [0.2, 0.25) is 5.91 Å². The predicted molar refractivity (Wildman–Crippen MR) is 97.4 cm³/mol. The Kier molecular flexibility index (Phi) is 4.34. The van der Waals surface area contributed by atoms with Crippen molar-refractivity contribution in [3.63, 3.8) is 0 Å². The molecule has 4 aromatic rings. The zero-order valence-electron chi connectivity index (χ0n) is 14.4. The number of benzene rings is 2. The molecule has 0 spiro atoms. The van der Waals surface area contributed by atoms with Crippen molar-refractivity contribution in [1.29, 1.82) is 0 Å². The summed E-state index contributed by atoms with van der Waals surface area (Å²) in [7, 11) is 0. The highest BCUT2D eigenvalue weighted by atomic mass is 19.4. The maximum Gasteiger partial charge on any atom is 0.435 e. The van der Waals surface area contributed by atoms with E-state index in [1.54, 1.807) is 18.2 Å². The van der Waals surface area contributed by atoms with Gasteiger partial charge in [-0.3, -0.25) is 9.48 Å². The quantitative estimate of drug-likeness (QED) is 0.556. The van der Waals surface area contributed by atoms with E-state index in [1.807, 2.05) is 30.3 Å². The van der Waals surface area contributed by atoms with Crippen LogP contribution in [0.1, 0.15) is 5.69 Å². The number of hydrogen-bond donors (Lipinski definition) is 2. The van der Waals surface area contributed by atoms with Gasteiger partial charge in [-0.2, -0.15) is 18.3 Å². The van der Waals surface area contributed by atoms with Crippen LogP contribution in [-0.2, 0) is 17.5 Å². The van der Waals surface area contributed by atoms with Crippen molar-refractivity contribution in [1.82, 2.24) is 19.7 Å². The van der Waals surface area contributed by atoms with Gasteiger partial charge in [-0.05, 0) is 30.3 Å². The third kappa shape index (κ3) is 3.73. The summed E-state index contributed by atoms with van der Waals surface area (Å²) >= 11 is 0. The molecule has 0 aliphatic rings. The third-order valence-corrected chi connectivity index (χ3v) is 4.05. The number of imidazole rings is 1. The molecular formula is C19H14F3N5O. The number of fused-ring (bicyclic) bond motifs is 1. The number of anilines is 1. The van der Waals surface area contributed by atoms with Crippen LogP contribution in [0.3, 0.4) is 0 Å². The Morgan fingerprint density at radius 3 is 2.68 bits per heavy atom. The van der Waals surface area contributed by atoms with E-state index in [0.29, 0.717) is 11.5 Å². The van der Waals surface area contributed by atoms with Gasteiger partial charge >= 0.3 is 6.18 Å². The molecule has 0 radical (unpaired) electrons. The summed E-state index contributed by atoms with van der Waals surface area (Å²) < 4.78 is 38.7. The molecule has 2 aromatic heterocycles. The number of alkyl halides is 3. The molecule has 0 atom stereocenters. The van der Waals surface area contributed by atoms with Crippen molar-refractivity contribution in [2.75, 3.05) is 5.32 Å². The second-order valence-electron chi connectivity index (χ2n) is 6.13.